The lowest BCUT2D eigenvalue weighted by Gasteiger charge is -2.05. The molecule has 0 amide bonds. The summed E-state index contributed by atoms with van der Waals surface area (Å²) >= 11 is 0. The molecule has 19 heavy (non-hydrogen) atoms. The number of unbranched alkanes of at least 4 members (excludes halogenated alkanes) is 4. The highest BCUT2D eigenvalue weighted by Gasteiger charge is 2.01. The fraction of sp³-hybridized carbons (Fsp3) is 0.600. The lowest BCUT2D eigenvalue weighted by Crippen LogP contribution is -1.99. The van der Waals surface area contributed by atoms with E-state index in [1.165, 1.54) is 31.2 Å². The molecular weight excluding hydrogens is 238 g/mol. The van der Waals surface area contributed by atoms with Crippen LogP contribution in [0.25, 0.3) is 11.0 Å². The first-order chi connectivity index (χ1) is 9.27. The second kappa shape index (κ2) is 7.24. The zero-order valence-corrected chi connectivity index (χ0v) is 11.6. The van der Waals surface area contributed by atoms with Crippen molar-refractivity contribution in [1.29, 1.82) is 0 Å². The van der Waals surface area contributed by atoms with Crippen LogP contribution in [0.4, 0.5) is 0 Å². The molecule has 0 aromatic carbocycles. The minimum atomic E-state index is -0.147. The molecule has 1 atom stereocenters. The molecule has 1 N–H and O–H groups in total. The topological polar surface area (TPSA) is 50.9 Å². The van der Waals surface area contributed by atoms with E-state index in [-0.39, 0.29) is 6.10 Å². The number of aliphatic hydroxyl groups excluding tert-OH is 1. The molecule has 0 bridgehead atoms. The number of hydrogen-bond acceptors (Lipinski definition) is 3. The number of pyridine rings is 1. The van der Waals surface area contributed by atoms with E-state index in [9.17, 15) is 0 Å². The summed E-state index contributed by atoms with van der Waals surface area (Å²) in [5.41, 5.74) is 2.14. The molecule has 2 heterocycles. The Balaban J connectivity index is 1.66. The van der Waals surface area contributed by atoms with Crippen molar-refractivity contribution >= 4 is 11.0 Å². The number of hydrogen-bond donors (Lipinski definition) is 1. The molecule has 2 rings (SSSR count). The fourth-order valence-electron chi connectivity index (χ4n) is 2.35. The van der Waals surface area contributed by atoms with Crippen LogP contribution in [0.3, 0.4) is 0 Å². The molecule has 2 aromatic heterocycles. The lowest BCUT2D eigenvalue weighted by molar-refractivity contribution is 0.180. The summed E-state index contributed by atoms with van der Waals surface area (Å²) in [6.07, 6.45) is 12.3. The van der Waals surface area contributed by atoms with Crippen molar-refractivity contribution in [2.45, 2.75) is 58.1 Å². The quantitative estimate of drug-likeness (QED) is 0.743. The zero-order valence-electron chi connectivity index (χ0n) is 11.6. The second-order valence-electron chi connectivity index (χ2n) is 5.21. The van der Waals surface area contributed by atoms with Crippen molar-refractivity contribution < 1.29 is 5.11 Å². The summed E-state index contributed by atoms with van der Waals surface area (Å²) in [7, 11) is 0. The average Bonchev–Trinajstić information content (AvgIpc) is 2.81. The Morgan fingerprint density at radius 1 is 1.21 bits per heavy atom. The van der Waals surface area contributed by atoms with Crippen molar-refractivity contribution in [2.75, 3.05) is 0 Å². The third kappa shape index (κ3) is 4.31. The summed E-state index contributed by atoms with van der Waals surface area (Å²) in [5.74, 6) is 0. The monoisotopic (exact) mass is 261 g/mol. The number of aliphatic hydroxyl groups is 1. The van der Waals surface area contributed by atoms with Crippen LogP contribution in [0.1, 0.15) is 45.4 Å². The van der Waals surface area contributed by atoms with Crippen LogP contribution in [0.5, 0.6) is 0 Å². The zero-order chi connectivity index (χ0) is 13.5. The Morgan fingerprint density at radius 2 is 2.00 bits per heavy atom. The van der Waals surface area contributed by atoms with Crippen LogP contribution in [0.15, 0.2) is 24.8 Å². The first kappa shape index (κ1) is 14.0. The van der Waals surface area contributed by atoms with Crippen LogP contribution in [0.2, 0.25) is 0 Å². The van der Waals surface area contributed by atoms with Crippen molar-refractivity contribution in [3.05, 3.63) is 24.8 Å². The summed E-state index contributed by atoms with van der Waals surface area (Å²) in [6.45, 7) is 2.88. The molecule has 1 unspecified atom stereocenters. The predicted octanol–water partition coefficient (Wildman–Crippen LogP) is 3.15. The molecule has 0 spiro atoms. The van der Waals surface area contributed by atoms with Crippen molar-refractivity contribution in [3.8, 4) is 0 Å². The van der Waals surface area contributed by atoms with E-state index in [0.717, 1.165) is 24.9 Å². The molecule has 4 heteroatoms. The summed E-state index contributed by atoms with van der Waals surface area (Å²) in [4.78, 5) is 8.41. The maximum Gasteiger partial charge on any atom is 0.107 e. The predicted molar refractivity (Wildman–Crippen MR) is 76.9 cm³/mol. The Hall–Kier alpha value is -1.42. The Kier molecular flexibility index (Phi) is 5.33. The average molecular weight is 261 g/mol. The SMILES string of the molecule is CC(O)CCCCCCCn1cnc2cnccc21. The molecule has 2 aromatic rings. The van der Waals surface area contributed by atoms with Gasteiger partial charge in [0.15, 0.2) is 0 Å². The van der Waals surface area contributed by atoms with Gasteiger partial charge in [0.25, 0.3) is 0 Å². The van der Waals surface area contributed by atoms with Gasteiger partial charge in [0, 0.05) is 12.7 Å². The molecule has 0 radical (unpaired) electrons. The Labute approximate surface area is 114 Å². The molecule has 0 saturated heterocycles. The standard InChI is InChI=1S/C15H23N3O/c1-13(19)7-5-3-2-4-6-10-18-12-17-14-11-16-9-8-15(14)18/h8-9,11-13,19H,2-7,10H2,1H3. The van der Waals surface area contributed by atoms with Crippen molar-refractivity contribution in [1.82, 2.24) is 14.5 Å². The Bertz CT molecular complexity index is 493. The summed E-state index contributed by atoms with van der Waals surface area (Å²) in [5, 5.41) is 9.17. The number of fused-ring (bicyclic) bond motifs is 1. The van der Waals surface area contributed by atoms with Gasteiger partial charge in [-0.05, 0) is 25.8 Å². The Morgan fingerprint density at radius 3 is 2.84 bits per heavy atom. The first-order valence-electron chi connectivity index (χ1n) is 7.20. The molecule has 0 fully saturated rings. The van der Waals surface area contributed by atoms with Crippen LogP contribution in [0, 0.1) is 0 Å². The van der Waals surface area contributed by atoms with E-state index in [1.807, 2.05) is 31.7 Å². The third-order valence-corrected chi connectivity index (χ3v) is 3.44. The number of imidazole rings is 1. The largest absolute Gasteiger partial charge is 0.393 e. The van der Waals surface area contributed by atoms with Crippen molar-refractivity contribution in [2.24, 2.45) is 0 Å². The van der Waals surface area contributed by atoms with Gasteiger partial charge in [0.05, 0.1) is 24.1 Å². The summed E-state index contributed by atoms with van der Waals surface area (Å²) in [6, 6.07) is 2.02. The maximum atomic E-state index is 9.17. The lowest BCUT2D eigenvalue weighted by atomic mass is 10.1. The van der Waals surface area contributed by atoms with Crippen LogP contribution < -0.4 is 0 Å². The van der Waals surface area contributed by atoms with Gasteiger partial charge in [-0.1, -0.05) is 25.7 Å². The highest BCUT2D eigenvalue weighted by Crippen LogP contribution is 2.13. The van der Waals surface area contributed by atoms with Gasteiger partial charge < -0.3 is 9.67 Å². The van der Waals surface area contributed by atoms with Gasteiger partial charge in [-0.15, -0.1) is 0 Å². The second-order valence-corrected chi connectivity index (χ2v) is 5.21. The van der Waals surface area contributed by atoms with E-state index in [0.29, 0.717) is 0 Å². The number of nitrogens with zero attached hydrogens (tertiary/aromatic N) is 3. The molecule has 4 nitrogen and oxygen atoms in total. The van der Waals surface area contributed by atoms with E-state index in [2.05, 4.69) is 14.5 Å². The number of aromatic nitrogens is 3. The van der Waals surface area contributed by atoms with Gasteiger partial charge in [-0.3, -0.25) is 4.98 Å². The van der Waals surface area contributed by atoms with Gasteiger partial charge >= 0.3 is 0 Å². The minimum Gasteiger partial charge on any atom is -0.393 e. The number of aryl methyl sites for hydroxylation is 1. The fourth-order valence-corrected chi connectivity index (χ4v) is 2.35. The molecular formula is C15H23N3O. The van der Waals surface area contributed by atoms with Gasteiger partial charge in [0.1, 0.15) is 5.52 Å². The normalized spacial score (nSPS) is 12.9. The minimum absolute atomic E-state index is 0.147. The van der Waals surface area contributed by atoms with Gasteiger partial charge in [-0.2, -0.15) is 0 Å². The maximum absolute atomic E-state index is 9.17. The highest BCUT2D eigenvalue weighted by molar-refractivity contribution is 5.73. The highest BCUT2D eigenvalue weighted by atomic mass is 16.3. The molecule has 0 saturated carbocycles. The summed E-state index contributed by atoms with van der Waals surface area (Å²) < 4.78 is 2.20. The van der Waals surface area contributed by atoms with Crippen LogP contribution >= 0.6 is 0 Å². The van der Waals surface area contributed by atoms with E-state index in [4.69, 9.17) is 5.11 Å². The molecule has 0 aliphatic carbocycles. The van der Waals surface area contributed by atoms with E-state index < -0.39 is 0 Å². The van der Waals surface area contributed by atoms with E-state index in [1.54, 1.807) is 0 Å². The molecule has 0 aliphatic rings. The molecule has 0 aliphatic heterocycles. The first-order valence-corrected chi connectivity index (χ1v) is 7.20. The van der Waals surface area contributed by atoms with Gasteiger partial charge in [-0.25, -0.2) is 4.98 Å². The smallest absolute Gasteiger partial charge is 0.107 e. The van der Waals surface area contributed by atoms with Crippen LogP contribution in [-0.4, -0.2) is 25.7 Å². The molecule has 104 valence electrons. The van der Waals surface area contributed by atoms with Gasteiger partial charge in [0.2, 0.25) is 0 Å². The van der Waals surface area contributed by atoms with Crippen molar-refractivity contribution in [3.63, 3.8) is 0 Å². The van der Waals surface area contributed by atoms with Crippen LogP contribution in [-0.2, 0) is 6.54 Å². The number of rotatable bonds is 8. The third-order valence-electron chi connectivity index (χ3n) is 3.44. The van der Waals surface area contributed by atoms with E-state index >= 15 is 0 Å².